The maximum atomic E-state index is 12.4. The van der Waals surface area contributed by atoms with Gasteiger partial charge in [0, 0.05) is 38.1 Å². The highest BCUT2D eigenvalue weighted by atomic mass is 32.2. The summed E-state index contributed by atoms with van der Waals surface area (Å²) in [7, 11) is -3.52. The topological polar surface area (TPSA) is 80.3 Å². The Labute approximate surface area is 126 Å². The van der Waals surface area contributed by atoms with Crippen molar-refractivity contribution < 1.29 is 13.2 Å². The van der Waals surface area contributed by atoms with Crippen LogP contribution in [0.3, 0.4) is 0 Å². The second-order valence-electron chi connectivity index (χ2n) is 5.27. The molecule has 0 amide bonds. The molecule has 1 aromatic heterocycles. The molecule has 1 aliphatic rings. The molecule has 21 heavy (non-hydrogen) atoms. The minimum atomic E-state index is -3.52. The van der Waals surface area contributed by atoms with Gasteiger partial charge in [-0.25, -0.2) is 18.1 Å². The molecule has 0 bridgehead atoms. The normalized spacial score (nSPS) is 18.4. The van der Waals surface area contributed by atoms with Crippen LogP contribution in [0.4, 0.5) is 5.82 Å². The van der Waals surface area contributed by atoms with E-state index < -0.39 is 10.0 Å². The Balaban J connectivity index is 2.08. The summed E-state index contributed by atoms with van der Waals surface area (Å²) in [6.07, 6.45) is 3.29. The molecule has 0 spiro atoms. The van der Waals surface area contributed by atoms with Gasteiger partial charge in [0.1, 0.15) is 5.82 Å². The molecule has 2 rings (SSSR count). The highest BCUT2D eigenvalue weighted by Crippen LogP contribution is 2.21. The van der Waals surface area contributed by atoms with Crippen molar-refractivity contribution in [3.05, 3.63) is 18.3 Å². The van der Waals surface area contributed by atoms with Gasteiger partial charge < -0.3 is 10.1 Å². The summed E-state index contributed by atoms with van der Waals surface area (Å²) in [4.78, 5) is 4.33. The highest BCUT2D eigenvalue weighted by molar-refractivity contribution is 7.89. The largest absolute Gasteiger partial charge is 0.381 e. The molecular formula is C14H23N3O3S. The standard InChI is InChI=1S/C14H23N3O3S/c1-3-15-14-10-13(4-7-16-14)21(18,19)17-11(2)12-5-8-20-9-6-12/h4,7,10-12,17H,3,5-6,8-9H2,1-2H3,(H,15,16). The summed E-state index contributed by atoms with van der Waals surface area (Å²) < 4.78 is 33.0. The van der Waals surface area contributed by atoms with Gasteiger partial charge in [0.05, 0.1) is 4.90 Å². The lowest BCUT2D eigenvalue weighted by Gasteiger charge is -2.28. The summed E-state index contributed by atoms with van der Waals surface area (Å²) in [5.74, 6) is 0.891. The van der Waals surface area contributed by atoms with Crippen molar-refractivity contribution in [2.45, 2.75) is 37.6 Å². The second-order valence-corrected chi connectivity index (χ2v) is 6.98. The quantitative estimate of drug-likeness (QED) is 0.834. The van der Waals surface area contributed by atoms with Crippen LogP contribution in [0.15, 0.2) is 23.2 Å². The summed E-state index contributed by atoms with van der Waals surface area (Å²) in [5.41, 5.74) is 0. The van der Waals surface area contributed by atoms with Gasteiger partial charge >= 0.3 is 0 Å². The van der Waals surface area contributed by atoms with Crippen LogP contribution in [0.2, 0.25) is 0 Å². The zero-order chi connectivity index (χ0) is 15.3. The van der Waals surface area contributed by atoms with Crippen LogP contribution in [0, 0.1) is 5.92 Å². The maximum absolute atomic E-state index is 12.4. The molecule has 0 radical (unpaired) electrons. The number of sulfonamides is 1. The second kappa shape index (κ2) is 7.20. The van der Waals surface area contributed by atoms with Gasteiger partial charge in [-0.05, 0) is 38.7 Å². The van der Waals surface area contributed by atoms with Crippen molar-refractivity contribution in [2.24, 2.45) is 5.92 Å². The number of rotatable bonds is 6. The van der Waals surface area contributed by atoms with E-state index in [2.05, 4.69) is 15.0 Å². The minimum Gasteiger partial charge on any atom is -0.381 e. The first-order valence-corrected chi connectivity index (χ1v) is 8.81. The van der Waals surface area contributed by atoms with E-state index in [1.165, 1.54) is 12.3 Å². The van der Waals surface area contributed by atoms with Gasteiger partial charge in [-0.15, -0.1) is 0 Å². The first-order chi connectivity index (χ1) is 10.0. The first kappa shape index (κ1) is 16.2. The van der Waals surface area contributed by atoms with Gasteiger partial charge in [-0.2, -0.15) is 0 Å². The Kier molecular flexibility index (Phi) is 5.55. The maximum Gasteiger partial charge on any atom is 0.241 e. The number of hydrogen-bond donors (Lipinski definition) is 2. The molecule has 1 aromatic rings. The molecule has 2 heterocycles. The summed E-state index contributed by atoms with van der Waals surface area (Å²) in [6, 6.07) is 2.97. The average molecular weight is 313 g/mol. The Morgan fingerprint density at radius 3 is 2.81 bits per heavy atom. The fraction of sp³-hybridized carbons (Fsp3) is 0.643. The zero-order valence-corrected chi connectivity index (χ0v) is 13.3. The van der Waals surface area contributed by atoms with E-state index in [-0.39, 0.29) is 10.9 Å². The minimum absolute atomic E-state index is 0.102. The molecular weight excluding hydrogens is 290 g/mol. The van der Waals surface area contributed by atoms with Gasteiger partial charge in [-0.1, -0.05) is 0 Å². The number of hydrogen-bond acceptors (Lipinski definition) is 5. The Bertz CT molecular complexity index is 556. The van der Waals surface area contributed by atoms with E-state index >= 15 is 0 Å². The Morgan fingerprint density at radius 2 is 2.14 bits per heavy atom. The SMILES string of the molecule is CCNc1cc(S(=O)(=O)NC(C)C2CCOCC2)ccn1. The lowest BCUT2D eigenvalue weighted by molar-refractivity contribution is 0.0585. The Hall–Kier alpha value is -1.18. The van der Waals surface area contributed by atoms with Crippen LogP contribution in [0.25, 0.3) is 0 Å². The molecule has 1 aliphatic heterocycles. The van der Waals surface area contributed by atoms with Crippen molar-refractivity contribution in [1.82, 2.24) is 9.71 Å². The van der Waals surface area contributed by atoms with Crippen molar-refractivity contribution in [3.63, 3.8) is 0 Å². The van der Waals surface area contributed by atoms with E-state index in [4.69, 9.17) is 4.74 Å². The van der Waals surface area contributed by atoms with E-state index in [0.29, 0.717) is 31.5 Å². The van der Waals surface area contributed by atoms with Gasteiger partial charge in [0.2, 0.25) is 10.0 Å². The smallest absolute Gasteiger partial charge is 0.241 e. The number of aromatic nitrogens is 1. The van der Waals surface area contributed by atoms with E-state index in [0.717, 1.165) is 12.8 Å². The average Bonchev–Trinajstić information content (AvgIpc) is 2.48. The third-order valence-electron chi connectivity index (χ3n) is 3.71. The third kappa shape index (κ3) is 4.39. The molecule has 0 aliphatic carbocycles. The van der Waals surface area contributed by atoms with Crippen molar-refractivity contribution in [2.75, 3.05) is 25.1 Å². The van der Waals surface area contributed by atoms with Crippen LogP contribution in [-0.4, -0.2) is 39.2 Å². The first-order valence-electron chi connectivity index (χ1n) is 7.33. The summed E-state index contributed by atoms with van der Waals surface area (Å²) >= 11 is 0. The Morgan fingerprint density at radius 1 is 1.43 bits per heavy atom. The fourth-order valence-electron chi connectivity index (χ4n) is 2.48. The monoisotopic (exact) mass is 313 g/mol. The summed E-state index contributed by atoms with van der Waals surface area (Å²) in [5, 5.41) is 3.02. The molecule has 2 N–H and O–H groups in total. The van der Waals surface area contributed by atoms with Crippen molar-refractivity contribution in [3.8, 4) is 0 Å². The van der Waals surface area contributed by atoms with Crippen LogP contribution in [0.5, 0.6) is 0 Å². The molecule has 0 aromatic carbocycles. The number of pyridine rings is 1. The lowest BCUT2D eigenvalue weighted by Crippen LogP contribution is -2.40. The van der Waals surface area contributed by atoms with E-state index in [9.17, 15) is 8.42 Å². The molecule has 7 heteroatoms. The highest BCUT2D eigenvalue weighted by Gasteiger charge is 2.25. The molecule has 6 nitrogen and oxygen atoms in total. The molecule has 118 valence electrons. The summed E-state index contributed by atoms with van der Waals surface area (Å²) in [6.45, 7) is 5.96. The van der Waals surface area contributed by atoms with Crippen molar-refractivity contribution in [1.29, 1.82) is 0 Å². The van der Waals surface area contributed by atoms with Crippen LogP contribution in [-0.2, 0) is 14.8 Å². The number of ether oxygens (including phenoxy) is 1. The van der Waals surface area contributed by atoms with Crippen LogP contribution in [0.1, 0.15) is 26.7 Å². The van der Waals surface area contributed by atoms with Gasteiger partial charge in [0.15, 0.2) is 0 Å². The molecule has 1 atom stereocenters. The van der Waals surface area contributed by atoms with Crippen molar-refractivity contribution >= 4 is 15.8 Å². The molecule has 1 saturated heterocycles. The van der Waals surface area contributed by atoms with E-state index in [1.807, 2.05) is 13.8 Å². The predicted octanol–water partition coefficient (Wildman–Crippen LogP) is 1.61. The molecule has 1 unspecified atom stereocenters. The van der Waals surface area contributed by atoms with Crippen LogP contribution < -0.4 is 10.0 Å². The zero-order valence-electron chi connectivity index (χ0n) is 12.5. The number of nitrogens with one attached hydrogen (secondary N) is 2. The number of anilines is 1. The van der Waals surface area contributed by atoms with Crippen LogP contribution >= 0.6 is 0 Å². The fourth-order valence-corrected chi connectivity index (χ4v) is 3.81. The van der Waals surface area contributed by atoms with E-state index in [1.54, 1.807) is 6.07 Å². The van der Waals surface area contributed by atoms with Gasteiger partial charge in [-0.3, -0.25) is 0 Å². The third-order valence-corrected chi connectivity index (χ3v) is 5.27. The number of nitrogens with zero attached hydrogens (tertiary/aromatic N) is 1. The van der Waals surface area contributed by atoms with Gasteiger partial charge in [0.25, 0.3) is 0 Å². The lowest BCUT2D eigenvalue weighted by atomic mass is 9.94. The molecule has 1 fully saturated rings. The molecule has 0 saturated carbocycles. The predicted molar refractivity (Wildman–Crippen MR) is 81.7 cm³/mol.